The fourth-order valence-corrected chi connectivity index (χ4v) is 3.00. The monoisotopic (exact) mass is 419 g/mol. The molecule has 31 heavy (non-hydrogen) atoms. The first kappa shape index (κ1) is 21.9. The summed E-state index contributed by atoms with van der Waals surface area (Å²) in [7, 11) is 0. The zero-order valence-electron chi connectivity index (χ0n) is 17.1. The summed E-state index contributed by atoms with van der Waals surface area (Å²) in [5.41, 5.74) is 2.20. The second kappa shape index (κ2) is 11.4. The molecule has 0 heterocycles. The van der Waals surface area contributed by atoms with Gasteiger partial charge in [-0.2, -0.15) is 0 Å². The van der Waals surface area contributed by atoms with Gasteiger partial charge in [-0.1, -0.05) is 42.5 Å². The minimum Gasteiger partial charge on any atom is -0.494 e. The molecule has 0 saturated heterocycles. The van der Waals surface area contributed by atoms with Crippen LogP contribution in [0.2, 0.25) is 0 Å². The Labute approximate surface area is 181 Å². The Morgan fingerprint density at radius 2 is 1.52 bits per heavy atom. The first-order chi connectivity index (χ1) is 15.1. The van der Waals surface area contributed by atoms with Crippen LogP contribution in [0.1, 0.15) is 28.8 Å². The van der Waals surface area contributed by atoms with Gasteiger partial charge in [-0.15, -0.1) is 0 Å². The van der Waals surface area contributed by atoms with Crippen molar-refractivity contribution in [1.82, 2.24) is 0 Å². The van der Waals surface area contributed by atoms with Crippen LogP contribution in [0.4, 0.5) is 5.69 Å². The summed E-state index contributed by atoms with van der Waals surface area (Å²) in [6, 6.07) is 24.0. The van der Waals surface area contributed by atoms with Crippen molar-refractivity contribution in [3.05, 3.63) is 90.0 Å². The minimum absolute atomic E-state index is 0.300. The molecule has 1 amide bonds. The van der Waals surface area contributed by atoms with Crippen molar-refractivity contribution in [2.45, 2.75) is 19.3 Å². The predicted octanol–water partition coefficient (Wildman–Crippen LogP) is 4.80. The molecular weight excluding hydrogens is 394 g/mol. The second-order valence-corrected chi connectivity index (χ2v) is 6.95. The van der Waals surface area contributed by atoms with E-state index in [9.17, 15) is 9.59 Å². The van der Waals surface area contributed by atoms with E-state index in [0.29, 0.717) is 29.4 Å². The highest BCUT2D eigenvalue weighted by molar-refractivity contribution is 6.05. The van der Waals surface area contributed by atoms with Gasteiger partial charge in [-0.3, -0.25) is 4.79 Å². The maximum absolute atomic E-state index is 12.5. The molecule has 0 aliphatic heterocycles. The molecule has 0 aliphatic rings. The Hall–Kier alpha value is -3.80. The molecule has 0 aromatic heterocycles. The van der Waals surface area contributed by atoms with E-state index >= 15 is 0 Å². The van der Waals surface area contributed by atoms with E-state index in [1.165, 1.54) is 5.56 Å². The van der Waals surface area contributed by atoms with Gasteiger partial charge >= 0.3 is 5.97 Å². The van der Waals surface area contributed by atoms with E-state index in [1.54, 1.807) is 48.5 Å². The molecule has 0 saturated carbocycles. The molecule has 0 fully saturated rings. The number of amides is 1. The van der Waals surface area contributed by atoms with E-state index < -0.39 is 12.6 Å². The van der Waals surface area contributed by atoms with Crippen LogP contribution in [0.3, 0.4) is 0 Å². The van der Waals surface area contributed by atoms with Crippen molar-refractivity contribution in [2.75, 3.05) is 18.5 Å². The lowest BCUT2D eigenvalue weighted by atomic mass is 10.1. The molecule has 3 aromatic carbocycles. The molecule has 3 aromatic rings. The molecule has 0 spiro atoms. The van der Waals surface area contributed by atoms with E-state index in [2.05, 4.69) is 17.4 Å². The number of rotatable bonds is 11. The van der Waals surface area contributed by atoms with Crippen LogP contribution >= 0.6 is 0 Å². The Kier molecular flexibility index (Phi) is 8.05. The van der Waals surface area contributed by atoms with Crippen LogP contribution in [-0.4, -0.2) is 30.2 Å². The normalized spacial score (nSPS) is 10.3. The first-order valence-corrected chi connectivity index (χ1v) is 10.1. The molecule has 0 bridgehead atoms. The molecule has 3 rings (SSSR count). The van der Waals surface area contributed by atoms with Crippen molar-refractivity contribution in [3.63, 3.8) is 0 Å². The maximum atomic E-state index is 12.5. The van der Waals surface area contributed by atoms with Crippen molar-refractivity contribution in [1.29, 1.82) is 0 Å². The van der Waals surface area contributed by atoms with Crippen molar-refractivity contribution >= 4 is 17.6 Å². The van der Waals surface area contributed by atoms with Gasteiger partial charge in [0.25, 0.3) is 5.91 Å². The van der Waals surface area contributed by atoms with Gasteiger partial charge in [-0.05, 0) is 61.2 Å². The molecular formula is C25H25NO5. The van der Waals surface area contributed by atoms with Gasteiger partial charge in [0.2, 0.25) is 0 Å². The van der Waals surface area contributed by atoms with Gasteiger partial charge < -0.3 is 19.9 Å². The fourth-order valence-electron chi connectivity index (χ4n) is 3.00. The van der Waals surface area contributed by atoms with Crippen LogP contribution in [0.5, 0.6) is 11.5 Å². The van der Waals surface area contributed by atoms with Crippen LogP contribution in [-0.2, 0) is 11.2 Å². The summed E-state index contributed by atoms with van der Waals surface area (Å²) in [4.78, 5) is 23.2. The molecule has 0 aliphatic carbocycles. The Balaban J connectivity index is 1.46. The van der Waals surface area contributed by atoms with Gasteiger partial charge in [-0.25, -0.2) is 4.79 Å². The summed E-state index contributed by atoms with van der Waals surface area (Å²) in [6.45, 7) is 0.136. The maximum Gasteiger partial charge on any atom is 0.341 e. The average Bonchev–Trinajstić information content (AvgIpc) is 2.79. The number of carboxylic acids is 1. The van der Waals surface area contributed by atoms with Gasteiger partial charge in [0.15, 0.2) is 6.61 Å². The summed E-state index contributed by atoms with van der Waals surface area (Å²) < 4.78 is 11.0. The summed E-state index contributed by atoms with van der Waals surface area (Å²) in [5, 5.41) is 11.5. The Morgan fingerprint density at radius 3 is 2.26 bits per heavy atom. The lowest BCUT2D eigenvalue weighted by molar-refractivity contribution is -0.139. The van der Waals surface area contributed by atoms with Gasteiger partial charge in [0.1, 0.15) is 11.5 Å². The zero-order valence-corrected chi connectivity index (χ0v) is 17.1. The number of hydrogen-bond acceptors (Lipinski definition) is 4. The SMILES string of the molecule is O=C(O)COc1ccccc1NC(=O)c1ccc(OCCCCc2ccccc2)cc1. The number of carboxylic acid groups (broad SMARTS) is 1. The third kappa shape index (κ3) is 7.19. The standard InChI is InChI=1S/C25H25NO5/c27-24(28)18-31-23-12-5-4-11-22(23)26-25(29)20-13-15-21(16-14-20)30-17-7-6-10-19-8-2-1-3-9-19/h1-5,8-9,11-16H,6-7,10,17-18H2,(H,26,29)(H,27,28). The van der Waals surface area contributed by atoms with E-state index in [-0.39, 0.29) is 5.91 Å². The number of nitrogens with one attached hydrogen (secondary N) is 1. The number of anilines is 1. The Morgan fingerprint density at radius 1 is 0.806 bits per heavy atom. The van der Waals surface area contributed by atoms with Crippen LogP contribution in [0.15, 0.2) is 78.9 Å². The molecule has 6 nitrogen and oxygen atoms in total. The molecule has 160 valence electrons. The molecule has 0 unspecified atom stereocenters. The molecule has 6 heteroatoms. The van der Waals surface area contributed by atoms with Crippen LogP contribution < -0.4 is 14.8 Å². The molecule has 0 atom stereocenters. The van der Waals surface area contributed by atoms with Crippen molar-refractivity contribution < 1.29 is 24.2 Å². The number of carbonyl (C=O) groups excluding carboxylic acids is 1. The largest absolute Gasteiger partial charge is 0.494 e. The smallest absolute Gasteiger partial charge is 0.341 e. The Bertz CT molecular complexity index is 986. The van der Waals surface area contributed by atoms with Gasteiger partial charge in [0.05, 0.1) is 12.3 Å². The predicted molar refractivity (Wildman–Crippen MR) is 119 cm³/mol. The lowest BCUT2D eigenvalue weighted by Crippen LogP contribution is -2.15. The number of unbranched alkanes of at least 4 members (excludes halogenated alkanes) is 1. The second-order valence-electron chi connectivity index (χ2n) is 6.95. The highest BCUT2D eigenvalue weighted by Gasteiger charge is 2.11. The first-order valence-electron chi connectivity index (χ1n) is 10.1. The van der Waals surface area contributed by atoms with E-state index in [0.717, 1.165) is 19.3 Å². The van der Waals surface area contributed by atoms with Crippen molar-refractivity contribution in [3.8, 4) is 11.5 Å². The average molecular weight is 419 g/mol. The van der Waals surface area contributed by atoms with Gasteiger partial charge in [0, 0.05) is 5.56 Å². The number of aryl methyl sites for hydroxylation is 1. The van der Waals surface area contributed by atoms with E-state index in [1.807, 2.05) is 18.2 Å². The number of ether oxygens (including phenoxy) is 2. The summed E-state index contributed by atoms with van der Waals surface area (Å²) >= 11 is 0. The van der Waals surface area contributed by atoms with Crippen LogP contribution in [0.25, 0.3) is 0 Å². The minimum atomic E-state index is -1.09. The number of hydrogen-bond donors (Lipinski definition) is 2. The third-order valence-corrected chi connectivity index (χ3v) is 4.57. The number of para-hydroxylation sites is 2. The lowest BCUT2D eigenvalue weighted by Gasteiger charge is -2.11. The van der Waals surface area contributed by atoms with Crippen LogP contribution in [0, 0.1) is 0 Å². The summed E-state index contributed by atoms with van der Waals surface area (Å²) in [5.74, 6) is -0.396. The highest BCUT2D eigenvalue weighted by Crippen LogP contribution is 2.24. The zero-order chi connectivity index (χ0) is 21.9. The van der Waals surface area contributed by atoms with E-state index in [4.69, 9.17) is 14.6 Å². The topological polar surface area (TPSA) is 84.9 Å². The quantitative estimate of drug-likeness (QED) is 0.436. The highest BCUT2D eigenvalue weighted by atomic mass is 16.5. The molecule has 2 N–H and O–H groups in total. The number of carbonyl (C=O) groups is 2. The number of aliphatic carboxylic acids is 1. The fraction of sp³-hybridized carbons (Fsp3) is 0.200. The van der Waals surface area contributed by atoms with Crippen molar-refractivity contribution in [2.24, 2.45) is 0 Å². The third-order valence-electron chi connectivity index (χ3n) is 4.57. The number of benzene rings is 3. The molecule has 0 radical (unpaired) electrons. The summed E-state index contributed by atoms with van der Waals surface area (Å²) in [6.07, 6.45) is 3.03.